The van der Waals surface area contributed by atoms with Crippen molar-refractivity contribution < 1.29 is 34.8 Å². The molecule has 2 rings (SSSR count). The number of alkyl halides is 6. The molecule has 1 aromatic carbocycles. The number of benzene rings is 1. The fourth-order valence-corrected chi connectivity index (χ4v) is 2.94. The van der Waals surface area contributed by atoms with Gasteiger partial charge in [0.25, 0.3) is 10.0 Å². The van der Waals surface area contributed by atoms with Crippen LogP contribution in [0.2, 0.25) is 0 Å². The summed E-state index contributed by atoms with van der Waals surface area (Å²) < 4.78 is 103. The number of rotatable bonds is 3. The van der Waals surface area contributed by atoms with Crippen molar-refractivity contribution in [1.82, 2.24) is 4.98 Å². The van der Waals surface area contributed by atoms with Gasteiger partial charge in [-0.05, 0) is 37.3 Å². The van der Waals surface area contributed by atoms with Gasteiger partial charge >= 0.3 is 12.4 Å². The second kappa shape index (κ2) is 6.21. The van der Waals surface area contributed by atoms with Crippen LogP contribution in [-0.4, -0.2) is 13.4 Å². The maximum absolute atomic E-state index is 12.8. The summed E-state index contributed by atoms with van der Waals surface area (Å²) in [7, 11) is -4.68. The van der Waals surface area contributed by atoms with E-state index in [9.17, 15) is 34.8 Å². The number of nitrogens with one attached hydrogen (secondary N) is 1. The number of aromatic nitrogens is 1. The predicted molar refractivity (Wildman–Crippen MR) is 76.2 cm³/mol. The van der Waals surface area contributed by atoms with Crippen molar-refractivity contribution in [2.45, 2.75) is 24.2 Å². The first-order valence-corrected chi connectivity index (χ1v) is 8.02. The smallest absolute Gasteiger partial charge is 0.278 e. The molecule has 1 aromatic heterocycles. The first kappa shape index (κ1) is 19.0. The minimum Gasteiger partial charge on any atom is -0.278 e. The van der Waals surface area contributed by atoms with Crippen LogP contribution in [0.4, 0.5) is 32.0 Å². The Balaban J connectivity index is 2.54. The second-order valence-corrected chi connectivity index (χ2v) is 6.72. The SMILES string of the molecule is Cc1ccc(NS(=O)(=O)c2cc(C(F)(F)F)cc(C(F)(F)F)c2)cn1. The predicted octanol–water partition coefficient (Wildman–Crippen LogP) is 4.23. The molecule has 25 heavy (non-hydrogen) atoms. The number of anilines is 1. The van der Waals surface area contributed by atoms with Gasteiger partial charge in [0.05, 0.1) is 27.9 Å². The number of hydrogen-bond donors (Lipinski definition) is 1. The summed E-state index contributed by atoms with van der Waals surface area (Å²) in [6.07, 6.45) is -9.20. The first-order valence-electron chi connectivity index (χ1n) is 6.54. The first-order chi connectivity index (χ1) is 11.3. The third kappa shape index (κ3) is 4.62. The van der Waals surface area contributed by atoms with Gasteiger partial charge in [0.15, 0.2) is 0 Å². The third-order valence-corrected chi connectivity index (χ3v) is 4.40. The lowest BCUT2D eigenvalue weighted by Gasteiger charge is -2.15. The zero-order chi connectivity index (χ0) is 19.0. The Morgan fingerprint density at radius 2 is 1.44 bits per heavy atom. The topological polar surface area (TPSA) is 59.1 Å². The highest BCUT2D eigenvalue weighted by atomic mass is 32.2. The van der Waals surface area contributed by atoms with Crippen molar-refractivity contribution in [3.63, 3.8) is 0 Å². The maximum Gasteiger partial charge on any atom is 0.416 e. The van der Waals surface area contributed by atoms with Crippen molar-refractivity contribution in [3.8, 4) is 0 Å². The van der Waals surface area contributed by atoms with E-state index in [0.29, 0.717) is 5.69 Å². The van der Waals surface area contributed by atoms with Gasteiger partial charge in [-0.2, -0.15) is 26.3 Å². The molecule has 0 amide bonds. The fraction of sp³-hybridized carbons (Fsp3) is 0.214. The molecule has 0 bridgehead atoms. The Labute approximate surface area is 138 Å². The number of nitrogens with zero attached hydrogens (tertiary/aromatic N) is 1. The van der Waals surface area contributed by atoms with Gasteiger partial charge in [0.2, 0.25) is 0 Å². The van der Waals surface area contributed by atoms with Crippen LogP contribution < -0.4 is 4.72 Å². The number of aryl methyl sites for hydroxylation is 1. The highest BCUT2D eigenvalue weighted by Gasteiger charge is 2.38. The van der Waals surface area contributed by atoms with Crippen LogP contribution in [0.3, 0.4) is 0 Å². The molecule has 0 saturated heterocycles. The van der Waals surface area contributed by atoms with Crippen molar-refractivity contribution in [3.05, 3.63) is 53.3 Å². The van der Waals surface area contributed by atoms with E-state index in [1.807, 2.05) is 4.72 Å². The van der Waals surface area contributed by atoms with Crippen LogP contribution >= 0.6 is 0 Å². The Morgan fingerprint density at radius 3 is 1.84 bits per heavy atom. The summed E-state index contributed by atoms with van der Waals surface area (Å²) in [5.41, 5.74) is -2.99. The maximum atomic E-state index is 12.8. The molecule has 0 atom stereocenters. The lowest BCUT2D eigenvalue weighted by Crippen LogP contribution is -2.17. The van der Waals surface area contributed by atoms with E-state index in [0.717, 1.165) is 6.20 Å². The molecule has 0 unspecified atom stereocenters. The molecule has 0 aliphatic heterocycles. The average molecular weight is 384 g/mol. The van der Waals surface area contributed by atoms with E-state index in [-0.39, 0.29) is 23.9 Å². The van der Waals surface area contributed by atoms with Crippen LogP contribution in [-0.2, 0) is 22.4 Å². The molecule has 4 nitrogen and oxygen atoms in total. The normalized spacial score (nSPS) is 12.9. The van der Waals surface area contributed by atoms with Crippen LogP contribution in [0.15, 0.2) is 41.4 Å². The van der Waals surface area contributed by atoms with Gasteiger partial charge in [-0.3, -0.25) is 9.71 Å². The van der Waals surface area contributed by atoms with Gasteiger partial charge in [-0.25, -0.2) is 8.42 Å². The largest absolute Gasteiger partial charge is 0.416 e. The lowest BCUT2D eigenvalue weighted by atomic mass is 10.1. The minimum atomic E-state index is -5.14. The van der Waals surface area contributed by atoms with Gasteiger partial charge < -0.3 is 0 Å². The molecule has 2 aromatic rings. The molecule has 0 aliphatic carbocycles. The number of halogens is 6. The lowest BCUT2D eigenvalue weighted by molar-refractivity contribution is -0.143. The highest BCUT2D eigenvalue weighted by molar-refractivity contribution is 7.92. The molecule has 0 radical (unpaired) electrons. The van der Waals surface area contributed by atoms with Crippen LogP contribution in [0, 0.1) is 6.92 Å². The molecular weight excluding hydrogens is 374 g/mol. The van der Waals surface area contributed by atoms with E-state index in [1.165, 1.54) is 12.1 Å². The van der Waals surface area contributed by atoms with E-state index in [1.54, 1.807) is 6.92 Å². The number of hydrogen-bond acceptors (Lipinski definition) is 3. The Kier molecular flexibility index (Phi) is 4.73. The summed E-state index contributed by atoms with van der Waals surface area (Å²) in [5, 5.41) is 0. The minimum absolute atomic E-state index is 0.100. The zero-order valence-corrected chi connectivity index (χ0v) is 13.2. The van der Waals surface area contributed by atoms with Crippen molar-refractivity contribution in [1.29, 1.82) is 0 Å². The summed E-state index contributed by atoms with van der Waals surface area (Å²) in [6, 6.07) is 2.83. The molecule has 0 aliphatic rings. The van der Waals surface area contributed by atoms with E-state index < -0.39 is 38.4 Å². The quantitative estimate of drug-likeness (QED) is 0.806. The summed E-state index contributed by atoms with van der Waals surface area (Å²) in [6.45, 7) is 1.61. The summed E-state index contributed by atoms with van der Waals surface area (Å²) in [4.78, 5) is 2.63. The van der Waals surface area contributed by atoms with Crippen LogP contribution in [0.1, 0.15) is 16.8 Å². The molecule has 136 valence electrons. The Hall–Kier alpha value is -2.30. The van der Waals surface area contributed by atoms with E-state index in [4.69, 9.17) is 0 Å². The summed E-state index contributed by atoms with van der Waals surface area (Å²) in [5.74, 6) is 0. The van der Waals surface area contributed by atoms with Crippen LogP contribution in [0.25, 0.3) is 0 Å². The molecule has 1 N–H and O–H groups in total. The second-order valence-electron chi connectivity index (χ2n) is 5.04. The molecule has 1 heterocycles. The number of pyridine rings is 1. The molecule has 0 saturated carbocycles. The van der Waals surface area contributed by atoms with Crippen molar-refractivity contribution >= 4 is 15.7 Å². The highest BCUT2D eigenvalue weighted by Crippen LogP contribution is 2.37. The van der Waals surface area contributed by atoms with Gasteiger partial charge in [0.1, 0.15) is 0 Å². The standard InChI is InChI=1S/C14H10F6N2O2S/c1-8-2-3-11(7-21-8)22-25(23,24)12-5-9(13(15,16)17)4-10(6-12)14(18,19)20/h2-7,22H,1H3. The molecule has 0 fully saturated rings. The molecular formula is C14H10F6N2O2S. The molecule has 11 heteroatoms. The Bertz CT molecular complexity index is 841. The van der Waals surface area contributed by atoms with Crippen molar-refractivity contribution in [2.24, 2.45) is 0 Å². The fourth-order valence-electron chi connectivity index (χ4n) is 1.82. The average Bonchev–Trinajstić information content (AvgIpc) is 2.47. The number of sulfonamides is 1. The third-order valence-electron chi connectivity index (χ3n) is 3.04. The monoisotopic (exact) mass is 384 g/mol. The van der Waals surface area contributed by atoms with E-state index >= 15 is 0 Å². The zero-order valence-electron chi connectivity index (χ0n) is 12.4. The van der Waals surface area contributed by atoms with Gasteiger partial charge in [-0.1, -0.05) is 0 Å². The van der Waals surface area contributed by atoms with Crippen molar-refractivity contribution in [2.75, 3.05) is 4.72 Å². The Morgan fingerprint density at radius 1 is 0.920 bits per heavy atom. The van der Waals surface area contributed by atoms with Gasteiger partial charge in [-0.15, -0.1) is 0 Å². The summed E-state index contributed by atoms with van der Waals surface area (Å²) >= 11 is 0. The van der Waals surface area contributed by atoms with Gasteiger partial charge in [0, 0.05) is 5.69 Å². The molecule has 0 spiro atoms. The van der Waals surface area contributed by atoms with Crippen LogP contribution in [0.5, 0.6) is 0 Å². The van der Waals surface area contributed by atoms with E-state index in [2.05, 4.69) is 4.98 Å².